The Morgan fingerprint density at radius 1 is 1.22 bits per heavy atom. The average molecular weight is 283 g/mol. The number of unbranched alkanes of at least 4 members (excludes halogenated alkanes) is 1. The molecule has 0 aliphatic rings. The van der Waals surface area contributed by atoms with Crippen LogP contribution in [-0.4, -0.2) is 32.4 Å². The molecule has 1 nitrogen and oxygen atoms in total. The summed E-state index contributed by atoms with van der Waals surface area (Å²) in [6.45, 7) is 8.06. The van der Waals surface area contributed by atoms with E-state index in [2.05, 4.69) is 62.1 Å². The molecule has 18 heavy (non-hydrogen) atoms. The first-order chi connectivity index (χ1) is 8.62. The second-order valence-corrected chi connectivity index (χ2v) is 11.7. The van der Waals surface area contributed by atoms with Gasteiger partial charge in [0.1, 0.15) is 0 Å². The van der Waals surface area contributed by atoms with Crippen molar-refractivity contribution in [2.45, 2.75) is 37.7 Å². The highest BCUT2D eigenvalue weighted by molar-refractivity contribution is 8.01. The summed E-state index contributed by atoms with van der Waals surface area (Å²) in [7, 11) is 0.380. The molecule has 0 aromatic heterocycles. The van der Waals surface area contributed by atoms with Gasteiger partial charge in [0.2, 0.25) is 0 Å². The second kappa shape index (κ2) is 8.03. The summed E-state index contributed by atoms with van der Waals surface area (Å²) in [5.41, 5.74) is 0. The minimum absolute atomic E-state index is 0.649. The first-order valence-corrected chi connectivity index (χ1v) is 10.9. The number of thioether (sulfide) groups is 1. The van der Waals surface area contributed by atoms with Crippen LogP contribution in [0.15, 0.2) is 30.3 Å². The van der Waals surface area contributed by atoms with Gasteiger partial charge in [-0.05, 0) is 12.2 Å². The van der Waals surface area contributed by atoms with Crippen LogP contribution in [0.4, 0.5) is 0 Å². The zero-order valence-corrected chi connectivity index (χ0v) is 13.9. The molecular formula is C15H26OSSi. The number of ether oxygens (including phenoxy) is 1. The number of hydrogen-bond acceptors (Lipinski definition) is 2. The first kappa shape index (κ1) is 15.8. The highest BCUT2D eigenvalue weighted by atomic mass is 32.2. The molecule has 1 aromatic carbocycles. The van der Waals surface area contributed by atoms with Crippen LogP contribution in [0.2, 0.25) is 13.1 Å². The molecule has 0 bridgehead atoms. The molecule has 1 rings (SSSR count). The maximum atomic E-state index is 5.46. The quantitative estimate of drug-likeness (QED) is 0.531. The smallest absolute Gasteiger partial charge is 0.0966 e. The first-order valence-electron chi connectivity index (χ1n) is 6.79. The maximum Gasteiger partial charge on any atom is 0.0966 e. The number of rotatable bonds is 8. The third-order valence-electron chi connectivity index (χ3n) is 3.46. The molecule has 0 radical (unpaired) electrons. The van der Waals surface area contributed by atoms with Crippen LogP contribution in [0, 0.1) is 0 Å². The van der Waals surface area contributed by atoms with Gasteiger partial charge in [0.15, 0.2) is 0 Å². The fourth-order valence-electron chi connectivity index (χ4n) is 2.04. The molecular weight excluding hydrogens is 256 g/mol. The zero-order chi connectivity index (χ0) is 13.4. The van der Waals surface area contributed by atoms with E-state index < -0.39 is 8.07 Å². The Morgan fingerprint density at radius 2 is 1.89 bits per heavy atom. The molecule has 0 N–H and O–H groups in total. The van der Waals surface area contributed by atoms with Crippen molar-refractivity contribution in [1.29, 1.82) is 0 Å². The predicted molar refractivity (Wildman–Crippen MR) is 86.6 cm³/mol. The Hall–Kier alpha value is -0.253. The molecule has 1 aromatic rings. The van der Waals surface area contributed by atoms with E-state index in [1.54, 1.807) is 0 Å². The van der Waals surface area contributed by atoms with Crippen molar-refractivity contribution in [3.63, 3.8) is 0 Å². The van der Waals surface area contributed by atoms with E-state index in [9.17, 15) is 0 Å². The molecule has 0 heterocycles. The second-order valence-electron chi connectivity index (χ2n) is 5.26. The fourth-order valence-corrected chi connectivity index (χ4v) is 7.45. The minimum Gasteiger partial charge on any atom is -0.384 e. The van der Waals surface area contributed by atoms with Crippen LogP contribution in [-0.2, 0) is 4.74 Å². The molecule has 0 aliphatic heterocycles. The van der Waals surface area contributed by atoms with Crippen LogP contribution < -0.4 is 5.19 Å². The van der Waals surface area contributed by atoms with Gasteiger partial charge in [-0.15, -0.1) is 0 Å². The average Bonchev–Trinajstić information content (AvgIpc) is 2.39. The molecule has 0 saturated carbocycles. The largest absolute Gasteiger partial charge is 0.384 e. The molecule has 0 spiro atoms. The van der Waals surface area contributed by atoms with Crippen molar-refractivity contribution in [2.75, 3.05) is 19.5 Å². The van der Waals surface area contributed by atoms with Crippen molar-refractivity contribution in [3.8, 4) is 0 Å². The van der Waals surface area contributed by atoms with Crippen LogP contribution in [0.5, 0.6) is 0 Å². The van der Waals surface area contributed by atoms with Gasteiger partial charge in [0.05, 0.1) is 14.7 Å². The van der Waals surface area contributed by atoms with E-state index in [0.29, 0.717) is 4.87 Å². The Morgan fingerprint density at radius 3 is 2.44 bits per heavy atom. The SMILES string of the molecule is CCCCSC(COC)[Si](C)(C)c1ccccc1. The Bertz CT molecular complexity index is 327. The zero-order valence-electron chi connectivity index (χ0n) is 12.1. The topological polar surface area (TPSA) is 9.23 Å². The number of hydrogen-bond donors (Lipinski definition) is 0. The van der Waals surface area contributed by atoms with Gasteiger partial charge < -0.3 is 4.74 Å². The van der Waals surface area contributed by atoms with Crippen molar-refractivity contribution < 1.29 is 4.74 Å². The Labute approximate surface area is 117 Å². The standard InChI is InChI=1S/C15H26OSSi/c1-5-6-12-17-15(13-16-2)18(3,4)14-10-8-7-9-11-14/h7-11,15H,5-6,12-13H2,1-4H3. The van der Waals surface area contributed by atoms with Crippen LogP contribution in [0.25, 0.3) is 0 Å². The van der Waals surface area contributed by atoms with E-state index in [1.807, 2.05) is 7.11 Å². The molecule has 1 unspecified atom stereocenters. The minimum atomic E-state index is -1.44. The van der Waals surface area contributed by atoms with E-state index in [4.69, 9.17) is 4.74 Å². The van der Waals surface area contributed by atoms with Crippen molar-refractivity contribution in [3.05, 3.63) is 30.3 Å². The van der Waals surface area contributed by atoms with Crippen molar-refractivity contribution in [1.82, 2.24) is 0 Å². The Balaban J connectivity index is 2.76. The highest BCUT2D eigenvalue weighted by Gasteiger charge is 2.33. The van der Waals surface area contributed by atoms with E-state index in [1.165, 1.54) is 23.8 Å². The van der Waals surface area contributed by atoms with Gasteiger partial charge in [-0.3, -0.25) is 0 Å². The van der Waals surface area contributed by atoms with Crippen molar-refractivity contribution in [2.24, 2.45) is 0 Å². The van der Waals surface area contributed by atoms with Gasteiger partial charge in [0, 0.05) is 12.0 Å². The summed E-state index contributed by atoms with van der Waals surface area (Å²) in [6, 6.07) is 11.0. The molecule has 0 amide bonds. The predicted octanol–water partition coefficient (Wildman–Crippen LogP) is 3.69. The van der Waals surface area contributed by atoms with Crippen LogP contribution in [0.1, 0.15) is 19.8 Å². The summed E-state index contributed by atoms with van der Waals surface area (Å²) in [4.78, 5) is 0.649. The lowest BCUT2D eigenvalue weighted by Crippen LogP contribution is -2.53. The van der Waals surface area contributed by atoms with Crippen molar-refractivity contribution >= 4 is 25.0 Å². The van der Waals surface area contributed by atoms with Crippen LogP contribution >= 0.6 is 11.8 Å². The summed E-state index contributed by atoms with van der Waals surface area (Å²) in [5.74, 6) is 1.26. The third kappa shape index (κ3) is 4.45. The molecule has 0 aliphatic carbocycles. The van der Waals surface area contributed by atoms with Gasteiger partial charge in [-0.25, -0.2) is 0 Å². The van der Waals surface area contributed by atoms with E-state index in [0.717, 1.165) is 6.61 Å². The summed E-state index contributed by atoms with van der Waals surface area (Å²) >= 11 is 2.11. The lowest BCUT2D eigenvalue weighted by atomic mass is 10.4. The summed E-state index contributed by atoms with van der Waals surface area (Å²) in [6.07, 6.45) is 2.59. The monoisotopic (exact) mass is 282 g/mol. The highest BCUT2D eigenvalue weighted by Crippen LogP contribution is 2.24. The number of methoxy groups -OCH3 is 1. The lowest BCUT2D eigenvalue weighted by Gasteiger charge is -2.32. The van der Waals surface area contributed by atoms with Gasteiger partial charge >= 0.3 is 0 Å². The van der Waals surface area contributed by atoms with Gasteiger partial charge in [0.25, 0.3) is 0 Å². The fraction of sp³-hybridized carbons (Fsp3) is 0.600. The molecule has 3 heteroatoms. The molecule has 0 fully saturated rings. The van der Waals surface area contributed by atoms with Crippen LogP contribution in [0.3, 0.4) is 0 Å². The van der Waals surface area contributed by atoms with Gasteiger partial charge in [-0.1, -0.05) is 62.0 Å². The van der Waals surface area contributed by atoms with Gasteiger partial charge in [-0.2, -0.15) is 11.8 Å². The molecule has 102 valence electrons. The number of benzene rings is 1. The molecule has 0 saturated heterocycles. The maximum absolute atomic E-state index is 5.46. The van der Waals surface area contributed by atoms with E-state index in [-0.39, 0.29) is 0 Å². The van der Waals surface area contributed by atoms with E-state index >= 15 is 0 Å². The normalized spacial score (nSPS) is 13.6. The summed E-state index contributed by atoms with van der Waals surface area (Å²) in [5, 5.41) is 1.54. The Kier molecular flexibility index (Phi) is 7.05. The lowest BCUT2D eigenvalue weighted by molar-refractivity contribution is 0.211. The summed E-state index contributed by atoms with van der Waals surface area (Å²) < 4.78 is 5.46. The molecule has 1 atom stereocenters. The third-order valence-corrected chi connectivity index (χ3v) is 10.4.